The molecule has 3 aromatic rings. The lowest BCUT2D eigenvalue weighted by atomic mass is 10.1. The molecule has 6 heteroatoms. The van der Waals surface area contributed by atoms with Crippen LogP contribution in [0.25, 0.3) is 11.3 Å². The largest absolute Gasteiger partial charge is 0.497 e. The zero-order valence-electron chi connectivity index (χ0n) is 15.0. The molecule has 0 unspecified atom stereocenters. The third-order valence-electron chi connectivity index (χ3n) is 4.78. The molecule has 0 radical (unpaired) electrons. The molecule has 0 spiro atoms. The number of fused-ring (bicyclic) bond motifs is 1. The molecule has 0 saturated heterocycles. The number of methoxy groups -OCH3 is 1. The molecule has 5 nitrogen and oxygen atoms in total. The van der Waals surface area contributed by atoms with Crippen molar-refractivity contribution < 1.29 is 9.53 Å². The first-order valence-corrected chi connectivity index (χ1v) is 9.75. The monoisotopic (exact) mass is 425 g/mol. The second-order valence-electron chi connectivity index (χ2n) is 6.54. The fraction of sp³-hybridized carbons (Fsp3) is 0.238. The van der Waals surface area contributed by atoms with Gasteiger partial charge >= 0.3 is 0 Å². The summed E-state index contributed by atoms with van der Waals surface area (Å²) in [6.45, 7) is 1.01. The van der Waals surface area contributed by atoms with E-state index in [2.05, 4.69) is 32.0 Å². The van der Waals surface area contributed by atoms with Crippen LogP contribution in [0.3, 0.4) is 0 Å². The van der Waals surface area contributed by atoms with Gasteiger partial charge in [-0.1, -0.05) is 18.2 Å². The second kappa shape index (κ2) is 7.56. The summed E-state index contributed by atoms with van der Waals surface area (Å²) in [4.78, 5) is 17.6. The maximum absolute atomic E-state index is 12.9. The number of benzene rings is 2. The Hall–Kier alpha value is -2.60. The van der Waals surface area contributed by atoms with Gasteiger partial charge in [0.25, 0.3) is 5.91 Å². The number of hydrogen-bond acceptors (Lipinski definition) is 3. The van der Waals surface area contributed by atoms with Crippen LogP contribution in [-0.4, -0.2) is 22.6 Å². The average Bonchev–Trinajstić information content (AvgIpc) is 3.12. The van der Waals surface area contributed by atoms with Crippen molar-refractivity contribution in [2.75, 3.05) is 12.4 Å². The minimum Gasteiger partial charge on any atom is -0.497 e. The Morgan fingerprint density at radius 1 is 1.22 bits per heavy atom. The lowest BCUT2D eigenvalue weighted by molar-refractivity contribution is 0.102. The Kier molecular flexibility index (Phi) is 4.99. The molecule has 2 heterocycles. The Labute approximate surface area is 166 Å². The van der Waals surface area contributed by atoms with E-state index in [0.29, 0.717) is 11.3 Å². The summed E-state index contributed by atoms with van der Waals surface area (Å²) in [7, 11) is 1.58. The predicted molar refractivity (Wildman–Crippen MR) is 109 cm³/mol. The van der Waals surface area contributed by atoms with Gasteiger partial charge in [0.2, 0.25) is 0 Å². The van der Waals surface area contributed by atoms with Gasteiger partial charge in [0.05, 0.1) is 24.1 Å². The molecule has 0 saturated carbocycles. The smallest absolute Gasteiger partial charge is 0.256 e. The van der Waals surface area contributed by atoms with Crippen molar-refractivity contribution in [2.24, 2.45) is 0 Å². The Balaban J connectivity index is 1.66. The number of anilines is 1. The molecule has 1 N–H and O–H groups in total. The van der Waals surface area contributed by atoms with E-state index in [9.17, 15) is 4.79 Å². The minimum absolute atomic E-state index is 0.197. The third-order valence-corrected chi connectivity index (χ3v) is 5.47. The zero-order chi connectivity index (χ0) is 18.8. The molecular formula is C21H20BrN3O2. The fourth-order valence-electron chi connectivity index (χ4n) is 3.35. The number of nitrogens with zero attached hydrogens (tertiary/aromatic N) is 2. The van der Waals surface area contributed by atoms with Gasteiger partial charge in [-0.05, 0) is 53.0 Å². The van der Waals surface area contributed by atoms with Crippen molar-refractivity contribution in [1.82, 2.24) is 9.55 Å². The van der Waals surface area contributed by atoms with E-state index < -0.39 is 0 Å². The standard InChI is InChI=1S/C21H20BrN3O2/c1-27-14-9-10-17(22)16(12-14)21(26)24-18-7-3-2-6-15(18)19-13-25-11-5-4-8-20(25)23-19/h2-3,6-7,9-10,12-13H,4-5,8,11H2,1H3,(H,24,26). The van der Waals surface area contributed by atoms with Crippen LogP contribution in [0.5, 0.6) is 5.75 Å². The van der Waals surface area contributed by atoms with Crippen LogP contribution in [0.2, 0.25) is 0 Å². The minimum atomic E-state index is -0.197. The Morgan fingerprint density at radius 2 is 2.07 bits per heavy atom. The molecule has 0 fully saturated rings. The third kappa shape index (κ3) is 3.62. The van der Waals surface area contributed by atoms with Crippen molar-refractivity contribution in [3.05, 3.63) is 64.5 Å². The molecular weight excluding hydrogens is 406 g/mol. The van der Waals surface area contributed by atoms with Gasteiger partial charge in [-0.3, -0.25) is 4.79 Å². The number of halogens is 1. The maximum atomic E-state index is 12.9. The average molecular weight is 426 g/mol. The van der Waals surface area contributed by atoms with Gasteiger partial charge in [-0.25, -0.2) is 4.98 Å². The Bertz CT molecular complexity index is 973. The molecule has 2 aromatic carbocycles. The summed E-state index contributed by atoms with van der Waals surface area (Å²) >= 11 is 3.44. The van der Waals surface area contributed by atoms with Crippen LogP contribution in [0.15, 0.2) is 53.1 Å². The highest BCUT2D eigenvalue weighted by atomic mass is 79.9. The molecule has 27 heavy (non-hydrogen) atoms. The number of carbonyl (C=O) groups is 1. The summed E-state index contributed by atoms with van der Waals surface area (Å²) in [5.41, 5.74) is 3.08. The van der Waals surface area contributed by atoms with Crippen LogP contribution in [0.1, 0.15) is 29.0 Å². The topological polar surface area (TPSA) is 56.1 Å². The number of hydrogen-bond donors (Lipinski definition) is 1. The quantitative estimate of drug-likeness (QED) is 0.645. The summed E-state index contributed by atoms with van der Waals surface area (Å²) < 4.78 is 8.17. The van der Waals surface area contributed by atoms with Crippen LogP contribution >= 0.6 is 15.9 Å². The van der Waals surface area contributed by atoms with Crippen molar-refractivity contribution in [1.29, 1.82) is 0 Å². The number of rotatable bonds is 4. The summed E-state index contributed by atoms with van der Waals surface area (Å²) in [6.07, 6.45) is 5.45. The van der Waals surface area contributed by atoms with Gasteiger partial charge in [-0.2, -0.15) is 0 Å². The maximum Gasteiger partial charge on any atom is 0.256 e. The first-order valence-electron chi connectivity index (χ1n) is 8.96. The van der Waals surface area contributed by atoms with E-state index in [1.807, 2.05) is 36.4 Å². The molecule has 0 atom stereocenters. The van der Waals surface area contributed by atoms with E-state index >= 15 is 0 Å². The summed E-state index contributed by atoms with van der Waals surface area (Å²) in [5, 5.41) is 3.02. The van der Waals surface area contributed by atoms with Gasteiger partial charge in [0.15, 0.2) is 0 Å². The van der Waals surface area contributed by atoms with Crippen LogP contribution < -0.4 is 10.1 Å². The van der Waals surface area contributed by atoms with Gasteiger partial charge in [0.1, 0.15) is 11.6 Å². The van der Waals surface area contributed by atoms with Crippen molar-refractivity contribution in [2.45, 2.75) is 25.8 Å². The van der Waals surface area contributed by atoms with E-state index in [1.54, 1.807) is 13.2 Å². The molecule has 1 aliphatic heterocycles. The number of ether oxygens (including phenoxy) is 1. The molecule has 4 rings (SSSR count). The first kappa shape index (κ1) is 17.8. The van der Waals surface area contributed by atoms with E-state index in [1.165, 1.54) is 12.8 Å². The first-order chi connectivity index (χ1) is 13.2. The van der Waals surface area contributed by atoms with Crippen molar-refractivity contribution in [3.8, 4) is 17.0 Å². The molecule has 138 valence electrons. The van der Waals surface area contributed by atoms with Crippen molar-refractivity contribution >= 4 is 27.5 Å². The number of nitrogens with one attached hydrogen (secondary N) is 1. The summed E-state index contributed by atoms with van der Waals surface area (Å²) in [6, 6.07) is 13.1. The van der Waals surface area contributed by atoms with E-state index in [4.69, 9.17) is 9.72 Å². The number of aromatic nitrogens is 2. The highest BCUT2D eigenvalue weighted by molar-refractivity contribution is 9.10. The normalized spacial score (nSPS) is 13.1. The number of para-hydroxylation sites is 1. The lowest BCUT2D eigenvalue weighted by Gasteiger charge is -2.12. The number of carbonyl (C=O) groups excluding carboxylic acids is 1. The molecule has 0 aliphatic carbocycles. The predicted octanol–water partition coefficient (Wildman–Crippen LogP) is 4.91. The molecule has 1 aliphatic rings. The second-order valence-corrected chi connectivity index (χ2v) is 7.39. The molecule has 1 aromatic heterocycles. The summed E-state index contributed by atoms with van der Waals surface area (Å²) in [5.74, 6) is 1.56. The van der Waals surface area contributed by atoms with E-state index in [-0.39, 0.29) is 5.91 Å². The van der Waals surface area contributed by atoms with Crippen molar-refractivity contribution in [3.63, 3.8) is 0 Å². The number of aryl methyl sites for hydroxylation is 2. The number of imidazole rings is 1. The highest BCUT2D eigenvalue weighted by Crippen LogP contribution is 2.30. The van der Waals surface area contributed by atoms with Gasteiger partial charge in [0, 0.05) is 29.2 Å². The van der Waals surface area contributed by atoms with Gasteiger partial charge in [-0.15, -0.1) is 0 Å². The highest BCUT2D eigenvalue weighted by Gasteiger charge is 2.17. The number of amides is 1. The van der Waals surface area contributed by atoms with E-state index in [0.717, 1.165) is 40.2 Å². The fourth-order valence-corrected chi connectivity index (χ4v) is 3.78. The van der Waals surface area contributed by atoms with Gasteiger partial charge < -0.3 is 14.6 Å². The lowest BCUT2D eigenvalue weighted by Crippen LogP contribution is -2.13. The zero-order valence-corrected chi connectivity index (χ0v) is 16.6. The SMILES string of the molecule is COc1ccc(Br)c(C(=O)Nc2ccccc2-c2cn3c(n2)CCCC3)c1. The van der Waals surface area contributed by atoms with Crippen LogP contribution in [0, 0.1) is 0 Å². The van der Waals surface area contributed by atoms with Crippen LogP contribution in [-0.2, 0) is 13.0 Å². The Morgan fingerprint density at radius 3 is 2.89 bits per heavy atom. The van der Waals surface area contributed by atoms with Crippen LogP contribution in [0.4, 0.5) is 5.69 Å². The molecule has 0 bridgehead atoms. The molecule has 1 amide bonds.